The molecule has 2 aromatic carbocycles. The molecule has 1 aliphatic rings. The smallest absolute Gasteiger partial charge is 0.337 e. The molecule has 0 aliphatic carbocycles. The summed E-state index contributed by atoms with van der Waals surface area (Å²) in [7, 11) is 0. The summed E-state index contributed by atoms with van der Waals surface area (Å²) in [5.74, 6) is -0.181. The molecule has 0 radical (unpaired) electrons. The van der Waals surface area contributed by atoms with E-state index in [9.17, 15) is 9.90 Å². The Morgan fingerprint density at radius 1 is 1.04 bits per heavy atom. The first-order valence-electron chi connectivity index (χ1n) is 8.77. The van der Waals surface area contributed by atoms with Crippen LogP contribution in [-0.4, -0.2) is 39.9 Å². The zero-order chi connectivity index (χ0) is 18.8. The van der Waals surface area contributed by atoms with Crippen molar-refractivity contribution in [3.8, 4) is 11.4 Å². The lowest BCUT2D eigenvalue weighted by Crippen LogP contribution is -2.54. The fourth-order valence-electron chi connectivity index (χ4n) is 3.29. The van der Waals surface area contributed by atoms with Crippen molar-refractivity contribution >= 4 is 11.7 Å². The number of aromatic carboxylic acids is 1. The van der Waals surface area contributed by atoms with Gasteiger partial charge in [-0.1, -0.05) is 18.2 Å². The summed E-state index contributed by atoms with van der Waals surface area (Å²) < 4.78 is 7.80. The van der Waals surface area contributed by atoms with E-state index in [1.54, 1.807) is 12.1 Å². The van der Waals surface area contributed by atoms with Gasteiger partial charge in [-0.2, -0.15) is 0 Å². The monoisotopic (exact) mass is 364 g/mol. The van der Waals surface area contributed by atoms with E-state index in [0.717, 1.165) is 17.0 Å². The number of hydrogen-bond donors (Lipinski definition) is 2. The maximum Gasteiger partial charge on any atom is 0.337 e. The number of nitrogens with zero attached hydrogens (tertiary/aromatic N) is 2. The highest BCUT2D eigenvalue weighted by atomic mass is 16.5. The topological polar surface area (TPSA) is 74.9 Å². The average Bonchev–Trinajstić information content (AvgIpc) is 3.18. The fourth-order valence-corrected chi connectivity index (χ4v) is 3.29. The standard InChI is InChI=1S/C21H20N2O4/c24-14-15-6-8-16(9-7-15)27-17-12-23(13-17)19-5-3-4-18(21(25)26)20(19)22-10-1-2-11-22/h1-11,17,24H,12-14H2,(H,25,26). The number of carboxylic acid groups (broad SMARTS) is 1. The van der Waals surface area contributed by atoms with Crippen LogP contribution in [0, 0.1) is 0 Å². The van der Waals surface area contributed by atoms with Gasteiger partial charge < -0.3 is 24.4 Å². The van der Waals surface area contributed by atoms with Gasteiger partial charge in [0.25, 0.3) is 0 Å². The van der Waals surface area contributed by atoms with E-state index in [0.29, 0.717) is 18.8 Å². The minimum atomic E-state index is -0.946. The molecule has 4 rings (SSSR count). The summed E-state index contributed by atoms with van der Waals surface area (Å²) in [5.41, 5.74) is 2.66. The predicted molar refractivity (Wildman–Crippen MR) is 102 cm³/mol. The van der Waals surface area contributed by atoms with E-state index in [1.165, 1.54) is 0 Å². The van der Waals surface area contributed by atoms with E-state index in [2.05, 4.69) is 4.90 Å². The van der Waals surface area contributed by atoms with Crippen LogP contribution in [0.25, 0.3) is 5.69 Å². The van der Waals surface area contributed by atoms with E-state index >= 15 is 0 Å². The van der Waals surface area contributed by atoms with E-state index in [1.807, 2.05) is 59.4 Å². The van der Waals surface area contributed by atoms with Crippen LogP contribution in [0.15, 0.2) is 67.0 Å². The fraction of sp³-hybridized carbons (Fsp3) is 0.190. The van der Waals surface area contributed by atoms with Crippen molar-refractivity contribution in [2.24, 2.45) is 0 Å². The van der Waals surface area contributed by atoms with Crippen LogP contribution in [0.3, 0.4) is 0 Å². The van der Waals surface area contributed by atoms with Gasteiger partial charge >= 0.3 is 5.97 Å². The number of benzene rings is 2. The van der Waals surface area contributed by atoms with Gasteiger partial charge in [0.05, 0.1) is 36.6 Å². The maximum absolute atomic E-state index is 11.7. The lowest BCUT2D eigenvalue weighted by atomic mass is 10.1. The van der Waals surface area contributed by atoms with Gasteiger partial charge in [0.1, 0.15) is 11.9 Å². The summed E-state index contributed by atoms with van der Waals surface area (Å²) >= 11 is 0. The quantitative estimate of drug-likeness (QED) is 0.703. The Morgan fingerprint density at radius 2 is 1.74 bits per heavy atom. The third-order valence-electron chi connectivity index (χ3n) is 4.71. The van der Waals surface area contributed by atoms with Crippen LogP contribution in [0.1, 0.15) is 15.9 Å². The highest BCUT2D eigenvalue weighted by Crippen LogP contribution is 2.32. The molecule has 1 aromatic heterocycles. The van der Waals surface area contributed by atoms with Crippen molar-refractivity contribution in [3.05, 3.63) is 78.1 Å². The first kappa shape index (κ1) is 17.2. The van der Waals surface area contributed by atoms with Gasteiger partial charge in [-0.3, -0.25) is 0 Å². The highest BCUT2D eigenvalue weighted by molar-refractivity contribution is 5.95. The van der Waals surface area contributed by atoms with E-state index in [-0.39, 0.29) is 18.3 Å². The molecule has 0 spiro atoms. The second-order valence-electron chi connectivity index (χ2n) is 6.52. The number of anilines is 1. The van der Waals surface area contributed by atoms with Crippen molar-refractivity contribution in [2.75, 3.05) is 18.0 Å². The molecule has 6 nitrogen and oxygen atoms in total. The maximum atomic E-state index is 11.7. The Hall–Kier alpha value is -3.25. The second kappa shape index (κ2) is 7.17. The zero-order valence-corrected chi connectivity index (χ0v) is 14.7. The van der Waals surface area contributed by atoms with Crippen LogP contribution in [-0.2, 0) is 6.61 Å². The molecule has 138 valence electrons. The largest absolute Gasteiger partial charge is 0.487 e. The number of para-hydroxylation sites is 1. The van der Waals surface area contributed by atoms with E-state index in [4.69, 9.17) is 9.84 Å². The second-order valence-corrected chi connectivity index (χ2v) is 6.52. The molecule has 3 aromatic rings. The van der Waals surface area contributed by atoms with Crippen molar-refractivity contribution in [1.82, 2.24) is 4.57 Å². The molecule has 2 heterocycles. The van der Waals surface area contributed by atoms with Gasteiger partial charge in [0.2, 0.25) is 0 Å². The van der Waals surface area contributed by atoms with Crippen molar-refractivity contribution in [3.63, 3.8) is 0 Å². The number of carboxylic acids is 1. The van der Waals surface area contributed by atoms with Crippen LogP contribution >= 0.6 is 0 Å². The Kier molecular flexibility index (Phi) is 4.56. The number of rotatable bonds is 6. The Balaban J connectivity index is 1.52. The van der Waals surface area contributed by atoms with Gasteiger partial charge in [0.15, 0.2) is 0 Å². The van der Waals surface area contributed by atoms with Crippen LogP contribution in [0.5, 0.6) is 5.75 Å². The van der Waals surface area contributed by atoms with E-state index < -0.39 is 5.97 Å². The van der Waals surface area contributed by atoms with Crippen LogP contribution < -0.4 is 9.64 Å². The lowest BCUT2D eigenvalue weighted by molar-refractivity contribution is 0.0697. The number of hydrogen-bond acceptors (Lipinski definition) is 4. The first-order chi connectivity index (χ1) is 13.2. The number of aliphatic hydroxyl groups excluding tert-OH is 1. The molecular weight excluding hydrogens is 344 g/mol. The normalized spacial score (nSPS) is 14.0. The summed E-state index contributed by atoms with van der Waals surface area (Å²) in [4.78, 5) is 13.8. The summed E-state index contributed by atoms with van der Waals surface area (Å²) in [6.45, 7) is 1.37. The Bertz CT molecular complexity index is 929. The minimum absolute atomic E-state index is 0.0135. The van der Waals surface area contributed by atoms with Crippen LogP contribution in [0.4, 0.5) is 5.69 Å². The number of aliphatic hydroxyl groups is 1. The van der Waals surface area contributed by atoms with Crippen LogP contribution in [0.2, 0.25) is 0 Å². The number of carbonyl (C=O) groups is 1. The molecule has 27 heavy (non-hydrogen) atoms. The molecule has 1 saturated heterocycles. The summed E-state index contributed by atoms with van der Waals surface area (Å²) in [6, 6.07) is 16.5. The number of aromatic nitrogens is 1. The molecule has 6 heteroatoms. The third-order valence-corrected chi connectivity index (χ3v) is 4.71. The average molecular weight is 364 g/mol. The molecule has 0 atom stereocenters. The van der Waals surface area contributed by atoms with Crippen molar-refractivity contribution in [2.45, 2.75) is 12.7 Å². The van der Waals surface area contributed by atoms with Crippen molar-refractivity contribution < 1.29 is 19.7 Å². The van der Waals surface area contributed by atoms with Gasteiger partial charge in [-0.25, -0.2) is 4.79 Å². The molecule has 1 aliphatic heterocycles. The highest BCUT2D eigenvalue weighted by Gasteiger charge is 2.31. The van der Waals surface area contributed by atoms with Gasteiger partial charge in [0, 0.05) is 12.4 Å². The molecule has 0 bridgehead atoms. The lowest BCUT2D eigenvalue weighted by Gasteiger charge is -2.41. The van der Waals surface area contributed by atoms with Crippen molar-refractivity contribution in [1.29, 1.82) is 0 Å². The predicted octanol–water partition coefficient (Wildman–Crippen LogP) is 2.94. The Morgan fingerprint density at radius 3 is 2.37 bits per heavy atom. The first-order valence-corrected chi connectivity index (χ1v) is 8.77. The third kappa shape index (κ3) is 3.39. The van der Waals surface area contributed by atoms with Gasteiger partial charge in [-0.15, -0.1) is 0 Å². The molecule has 0 saturated carbocycles. The summed E-state index contributed by atoms with van der Waals surface area (Å²) in [5, 5.41) is 18.7. The molecule has 2 N–H and O–H groups in total. The van der Waals surface area contributed by atoms with Gasteiger partial charge in [-0.05, 0) is 42.0 Å². The summed E-state index contributed by atoms with van der Waals surface area (Å²) in [6.07, 6.45) is 3.74. The Labute approximate surface area is 156 Å². The molecule has 0 amide bonds. The molecule has 0 unspecified atom stereocenters. The molecular formula is C21H20N2O4. The molecule has 1 fully saturated rings. The minimum Gasteiger partial charge on any atom is -0.487 e. The number of ether oxygens (including phenoxy) is 1. The SMILES string of the molecule is O=C(O)c1cccc(N2CC(Oc3ccc(CO)cc3)C2)c1-n1cccc1. The zero-order valence-electron chi connectivity index (χ0n) is 14.7.